The lowest BCUT2D eigenvalue weighted by atomic mass is 9.90. The number of aliphatic hydroxyl groups excluding tert-OH is 4. The van der Waals surface area contributed by atoms with Crippen molar-refractivity contribution in [3.63, 3.8) is 0 Å². The zero-order valence-electron chi connectivity index (χ0n) is 68.5. The molecule has 0 saturated carbocycles. The van der Waals surface area contributed by atoms with E-state index in [0.717, 1.165) is 49.0 Å². The number of phosphoric ester groups is 4. The largest absolute Gasteiger partial charge is 0.490 e. The summed E-state index contributed by atoms with van der Waals surface area (Å²) in [7, 11) is -67.9. The zero-order valence-corrected chi connectivity index (χ0v) is 79.3. The minimum absolute atomic E-state index is 0. The van der Waals surface area contributed by atoms with Crippen molar-refractivity contribution < 1.29 is 225 Å². The van der Waals surface area contributed by atoms with Gasteiger partial charge in [0, 0.05) is 23.5 Å². The molecule has 12 unspecified atom stereocenters. The SMILES string of the molecule is C.CC#CC1(N)[C@@H](O)[C@@H]([C@@H](C)OP(=O)(O)OP(=O)(O)OP(=O)(O)O)O[C@H]1n1c(C)cc(=O)[nH]c1=O.CC#CC1(N)[C@@H](O)[C@@H]([C@@H](C)OP(=O)(O)OP(=O)(O)OP(=O)(O)O)O[C@H]1n1ncc(=O)[nH]c1=O.CC#CC1(N)[C@@H](O)[C@@H]([C@H](C)OP(=O)(O)OP(=O)(O)OP(=O)(O)O)O[C@H]1n1c(C)cc(=O)[nH]c1=O.CC#CC1(N)[C@@H](O)[C@@H]([C@H](C)OP(=O)(O)OP(=O)(O)OP(=O)(O)O)O[C@H]1n1ncc(=O)[nH]c1=O. The fraction of sp³-hybridized carbons (Fsp3) is 0.585. The molecule has 32 N–H and O–H groups in total. The van der Waals surface area contributed by atoms with E-state index in [-0.39, 0.29) is 18.8 Å². The van der Waals surface area contributed by atoms with E-state index in [0.29, 0.717) is 21.8 Å². The molecule has 0 aromatic carbocycles. The van der Waals surface area contributed by atoms with Gasteiger partial charge in [-0.15, -0.1) is 23.7 Å². The van der Waals surface area contributed by atoms with Gasteiger partial charge in [0.15, 0.2) is 47.1 Å². The Hall–Kier alpha value is -6.02. The molecule has 8 rings (SSSR count). The highest BCUT2D eigenvalue weighted by Crippen LogP contribution is 2.71. The van der Waals surface area contributed by atoms with E-state index < -0.39 is 259 Å². The molecule has 28 atom stereocenters. The fourth-order valence-electron chi connectivity index (χ4n) is 12.1. The molecule has 82 heteroatoms. The molecule has 0 radical (unpaired) electrons. The molecule has 8 heterocycles. The van der Waals surface area contributed by atoms with Gasteiger partial charge < -0.3 is 141 Å². The number of nitrogens with two attached hydrogens (primary N) is 4. The molecular formula is C53H86N14O56P12. The normalized spacial score (nSPS) is 29.5. The van der Waals surface area contributed by atoms with E-state index >= 15 is 0 Å². The number of H-pyrrole nitrogens is 4. The standard InChI is InChI=1S/2C14H22N3O14P3.2C12H19N4O14P3.CH4/c2*1-4-5-14(15)11(19)10(28-12(14)17-7(2)6-9(18)16-13(17)20)8(3)29-33(24,25)31-34(26,27)30-32(21,22)23;2*1-3-4-12(13)9(18)8(27-10(12)16-11(19)15-7(17)5-14-16)6(2)28-32(23,24)30-33(25,26)29-31(20,21)22;/h2*6,8,10-12,19H,15H2,1-3H3,(H,24,25)(H,26,27)(H,16,18,20)(H2,21,22,23);2*5-6,8-10,18H,13H2,1-2H3,(H,23,24)(H,25,26)(H,15,17,19)(H2,20,21,22);1H4/t8-,10+,11-,12+,14?;8-,10-,11+,12-,14?;6-,8+,9-,10+,12?;6-,8-,9+,10-,12?;/m0101./s1. The number of hydrogen-bond donors (Lipinski definition) is 28. The number of rotatable bonds is 32. The fourth-order valence-corrected chi connectivity index (χ4v) is 24.9. The van der Waals surface area contributed by atoms with Crippen molar-refractivity contribution >= 4 is 93.9 Å². The van der Waals surface area contributed by atoms with Gasteiger partial charge in [-0.3, -0.25) is 66.3 Å². The molecule has 135 heavy (non-hydrogen) atoms. The Morgan fingerprint density at radius 3 is 0.719 bits per heavy atom. The Morgan fingerprint density at radius 2 is 0.533 bits per heavy atom. The minimum Gasteiger partial charge on any atom is -0.387 e. The van der Waals surface area contributed by atoms with Gasteiger partial charge in [-0.25, -0.2) is 74.0 Å². The summed E-state index contributed by atoms with van der Waals surface area (Å²) in [5.41, 5.74) is 9.38. The Morgan fingerprint density at radius 1 is 0.341 bits per heavy atom. The second-order valence-electron chi connectivity index (χ2n) is 27.1. The monoisotopic (exact) mass is 2190 g/mol. The molecular weight excluding hydrogens is 2100 g/mol. The lowest BCUT2D eigenvalue weighted by Gasteiger charge is -2.29. The third-order valence-electron chi connectivity index (χ3n) is 16.8. The van der Waals surface area contributed by atoms with Crippen molar-refractivity contribution in [1.82, 2.24) is 48.6 Å². The maximum absolute atomic E-state index is 12.4. The Bertz CT molecular complexity index is 6090. The lowest BCUT2D eigenvalue weighted by Crippen LogP contribution is -2.56. The van der Waals surface area contributed by atoms with Crippen LogP contribution in [-0.4, -0.2) is 243 Å². The number of nitrogens with one attached hydrogen (secondary N) is 4. The predicted molar refractivity (Wildman–Crippen MR) is 436 cm³/mol. The summed E-state index contributed by atoms with van der Waals surface area (Å²) in [6.45, 7) is 12.3. The summed E-state index contributed by atoms with van der Waals surface area (Å²) in [5.74, 6) is 19.6. The molecule has 764 valence electrons. The Kier molecular flexibility index (Phi) is 40.5. The van der Waals surface area contributed by atoms with Crippen molar-refractivity contribution in [3.05, 3.63) is 119 Å². The quantitative estimate of drug-likeness (QED) is 0.0160. The van der Waals surface area contributed by atoms with Crippen LogP contribution < -0.4 is 67.9 Å². The predicted octanol–water partition coefficient (Wildman–Crippen LogP) is -6.97. The molecule has 0 amide bonds. The summed E-state index contributed by atoms with van der Waals surface area (Å²) in [4.78, 5) is 247. The van der Waals surface area contributed by atoms with Crippen molar-refractivity contribution in [2.75, 3.05) is 0 Å². The smallest absolute Gasteiger partial charge is 0.387 e. The maximum Gasteiger partial charge on any atom is 0.490 e. The number of phosphoric acid groups is 12. The van der Waals surface area contributed by atoms with Crippen LogP contribution in [-0.2, 0) is 126 Å². The van der Waals surface area contributed by atoms with Crippen LogP contribution >= 0.6 is 93.9 Å². The third-order valence-corrected chi connectivity index (χ3v) is 32.5. The highest BCUT2D eigenvalue weighted by molar-refractivity contribution is 7.68. The van der Waals surface area contributed by atoms with Crippen molar-refractivity contribution in [1.29, 1.82) is 0 Å². The van der Waals surface area contributed by atoms with Gasteiger partial charge >= 0.3 is 117 Å². The van der Waals surface area contributed by atoms with Crippen LogP contribution in [0.3, 0.4) is 0 Å². The van der Waals surface area contributed by atoms with Gasteiger partial charge in [0.25, 0.3) is 22.2 Å². The van der Waals surface area contributed by atoms with Crippen LogP contribution in [0.2, 0.25) is 0 Å². The number of aliphatic hydroxyl groups is 4. The van der Waals surface area contributed by atoms with Gasteiger partial charge in [0.1, 0.15) is 61.2 Å². The highest BCUT2D eigenvalue weighted by atomic mass is 31.3. The molecule has 4 aliphatic rings. The van der Waals surface area contributed by atoms with Crippen LogP contribution in [0.25, 0.3) is 0 Å². The number of nitrogens with zero attached hydrogens (tertiary/aromatic N) is 6. The third kappa shape index (κ3) is 33.0. The molecule has 4 aromatic rings. The highest BCUT2D eigenvalue weighted by Gasteiger charge is 2.63. The van der Waals surface area contributed by atoms with Crippen LogP contribution in [0.1, 0.15) is 99.1 Å². The van der Waals surface area contributed by atoms with Gasteiger partial charge in [0.2, 0.25) is 0 Å². The first-order valence-corrected chi connectivity index (χ1v) is 53.1. The van der Waals surface area contributed by atoms with E-state index in [9.17, 15) is 153 Å². The zero-order chi connectivity index (χ0) is 103. The van der Waals surface area contributed by atoms with Crippen molar-refractivity contribution in [3.8, 4) is 47.4 Å². The van der Waals surface area contributed by atoms with Gasteiger partial charge in [0.05, 0.1) is 24.4 Å². The van der Waals surface area contributed by atoms with Crippen LogP contribution in [0, 0.1) is 61.2 Å². The Balaban J connectivity index is 0.000000375. The van der Waals surface area contributed by atoms with E-state index in [4.69, 9.17) is 81.0 Å². The molecule has 70 nitrogen and oxygen atoms in total. The van der Waals surface area contributed by atoms with Gasteiger partial charge in [-0.05, 0) is 69.2 Å². The molecule has 4 aliphatic heterocycles. The summed E-state index contributed by atoms with van der Waals surface area (Å²) in [6.07, 6.45) is -25.5. The minimum atomic E-state index is -5.79. The Labute approximate surface area is 751 Å². The van der Waals surface area contributed by atoms with E-state index in [2.05, 4.69) is 110 Å². The topological polar surface area (TPSA) is 1110 Å². The van der Waals surface area contributed by atoms with Gasteiger partial charge in [-0.1, -0.05) is 31.1 Å². The molecule has 4 fully saturated rings. The number of ether oxygens (including phenoxy) is 4. The lowest BCUT2D eigenvalue weighted by molar-refractivity contribution is -0.0795. The van der Waals surface area contributed by atoms with Crippen LogP contribution in [0.4, 0.5) is 0 Å². The molecule has 4 aromatic heterocycles. The second-order valence-corrected chi connectivity index (χ2v) is 44.6. The molecule has 0 bridgehead atoms. The van der Waals surface area contributed by atoms with E-state index in [1.54, 1.807) is 0 Å². The maximum atomic E-state index is 12.4. The number of aromatic nitrogens is 10. The van der Waals surface area contributed by atoms with Gasteiger partial charge in [-0.2, -0.15) is 54.0 Å². The first-order chi connectivity index (χ1) is 60.4. The van der Waals surface area contributed by atoms with E-state index in [1.165, 1.54) is 41.5 Å². The number of hydrogen-bond acceptors (Lipinski definition) is 46. The summed E-state index contributed by atoms with van der Waals surface area (Å²) < 4.78 is 210. The van der Waals surface area contributed by atoms with Crippen molar-refractivity contribution in [2.45, 2.75) is 197 Å². The van der Waals surface area contributed by atoms with Crippen LogP contribution in [0.15, 0.2) is 62.9 Å². The van der Waals surface area contributed by atoms with Crippen LogP contribution in [0.5, 0.6) is 0 Å². The number of aryl methyl sites for hydroxylation is 2. The molecule has 0 aliphatic carbocycles. The van der Waals surface area contributed by atoms with E-state index in [1.807, 2.05) is 19.9 Å². The average molecular weight is 2190 g/mol. The number of aromatic amines is 4. The summed E-state index contributed by atoms with van der Waals surface area (Å²) in [6, 6.07) is 2.08. The second kappa shape index (κ2) is 45.1. The molecule has 4 saturated heterocycles. The van der Waals surface area contributed by atoms with Crippen molar-refractivity contribution in [2.24, 2.45) is 22.9 Å². The summed E-state index contributed by atoms with van der Waals surface area (Å²) in [5, 5.41) is 50.1. The molecule has 0 spiro atoms. The first kappa shape index (κ1) is 121. The summed E-state index contributed by atoms with van der Waals surface area (Å²) >= 11 is 0. The average Bonchev–Trinajstić information content (AvgIpc) is 1.60. The first-order valence-electron chi connectivity index (χ1n) is 35.0.